The van der Waals surface area contributed by atoms with Gasteiger partial charge in [-0.25, -0.2) is 4.98 Å². The molecule has 6 nitrogen and oxygen atoms in total. The highest BCUT2D eigenvalue weighted by atomic mass is 35.5. The molecular formula is C11H14ClN3O3. The number of hydrogen-bond donors (Lipinski definition) is 1. The molecule has 98 valence electrons. The summed E-state index contributed by atoms with van der Waals surface area (Å²) in [5, 5.41) is 14.0. The summed E-state index contributed by atoms with van der Waals surface area (Å²) >= 11 is 5.88. The van der Waals surface area contributed by atoms with Crippen LogP contribution in [-0.4, -0.2) is 29.6 Å². The van der Waals surface area contributed by atoms with Crippen LogP contribution in [0.25, 0.3) is 0 Å². The van der Waals surface area contributed by atoms with Crippen molar-refractivity contribution in [2.75, 3.05) is 19.7 Å². The van der Waals surface area contributed by atoms with Crippen LogP contribution in [0.1, 0.15) is 12.8 Å². The van der Waals surface area contributed by atoms with Gasteiger partial charge in [-0.2, -0.15) is 0 Å². The van der Waals surface area contributed by atoms with Crippen molar-refractivity contribution < 1.29 is 9.66 Å². The molecule has 2 heterocycles. The number of nitrogens with one attached hydrogen (secondary N) is 1. The number of nitro groups is 1. The van der Waals surface area contributed by atoms with Crippen LogP contribution in [0.5, 0.6) is 5.88 Å². The third kappa shape index (κ3) is 3.30. The number of aromatic nitrogens is 1. The van der Waals surface area contributed by atoms with Crippen molar-refractivity contribution in [3.8, 4) is 5.88 Å². The van der Waals surface area contributed by atoms with E-state index < -0.39 is 4.92 Å². The Morgan fingerprint density at radius 1 is 1.67 bits per heavy atom. The Balaban J connectivity index is 1.94. The van der Waals surface area contributed by atoms with E-state index in [0.29, 0.717) is 12.5 Å². The van der Waals surface area contributed by atoms with Crippen molar-refractivity contribution in [2.24, 2.45) is 5.92 Å². The molecule has 1 N–H and O–H groups in total. The van der Waals surface area contributed by atoms with Gasteiger partial charge in [0.15, 0.2) is 0 Å². The van der Waals surface area contributed by atoms with Crippen LogP contribution < -0.4 is 10.1 Å². The fourth-order valence-electron chi connectivity index (χ4n) is 1.88. The molecule has 1 aliphatic heterocycles. The minimum absolute atomic E-state index is 0.133. The topological polar surface area (TPSA) is 77.3 Å². The predicted molar refractivity (Wildman–Crippen MR) is 67.0 cm³/mol. The van der Waals surface area contributed by atoms with Crippen LogP contribution >= 0.6 is 11.6 Å². The summed E-state index contributed by atoms with van der Waals surface area (Å²) < 4.78 is 5.51. The first kappa shape index (κ1) is 13.0. The zero-order valence-electron chi connectivity index (χ0n) is 9.76. The van der Waals surface area contributed by atoms with Crippen molar-refractivity contribution in [1.29, 1.82) is 0 Å². The number of piperidine rings is 1. The highest BCUT2D eigenvalue weighted by Crippen LogP contribution is 2.26. The molecule has 1 saturated heterocycles. The van der Waals surface area contributed by atoms with Gasteiger partial charge in [0.05, 0.1) is 11.5 Å². The van der Waals surface area contributed by atoms with E-state index in [1.54, 1.807) is 0 Å². The normalized spacial score (nSPS) is 19.5. The maximum Gasteiger partial charge on any atom is 0.289 e. The summed E-state index contributed by atoms with van der Waals surface area (Å²) in [6.07, 6.45) is 3.40. The van der Waals surface area contributed by atoms with Crippen molar-refractivity contribution >= 4 is 17.3 Å². The number of rotatable bonds is 4. The van der Waals surface area contributed by atoms with Crippen LogP contribution in [0.3, 0.4) is 0 Å². The minimum atomic E-state index is -0.534. The van der Waals surface area contributed by atoms with Crippen LogP contribution in [0.15, 0.2) is 12.3 Å². The van der Waals surface area contributed by atoms with Crippen molar-refractivity contribution in [3.05, 3.63) is 27.4 Å². The van der Waals surface area contributed by atoms with E-state index in [2.05, 4.69) is 10.3 Å². The Hall–Kier alpha value is -1.40. The monoisotopic (exact) mass is 271 g/mol. The van der Waals surface area contributed by atoms with Crippen LogP contribution in [0, 0.1) is 16.0 Å². The first-order valence-corrected chi connectivity index (χ1v) is 6.18. The Labute approximate surface area is 109 Å². The molecular weight excluding hydrogens is 258 g/mol. The predicted octanol–water partition coefficient (Wildman–Crippen LogP) is 2.02. The van der Waals surface area contributed by atoms with Gasteiger partial charge in [-0.05, 0) is 19.4 Å². The highest BCUT2D eigenvalue weighted by Gasteiger charge is 2.16. The summed E-state index contributed by atoms with van der Waals surface area (Å²) in [6.45, 7) is 2.50. The molecule has 1 aliphatic rings. The van der Waals surface area contributed by atoms with Crippen molar-refractivity contribution in [3.63, 3.8) is 0 Å². The molecule has 7 heteroatoms. The number of pyridine rings is 1. The van der Waals surface area contributed by atoms with E-state index in [1.165, 1.54) is 6.07 Å². The van der Waals surface area contributed by atoms with E-state index in [0.717, 1.165) is 32.1 Å². The molecule has 0 radical (unpaired) electrons. The lowest BCUT2D eigenvalue weighted by atomic mass is 10.0. The summed E-state index contributed by atoms with van der Waals surface area (Å²) in [7, 11) is 0. The first-order chi connectivity index (χ1) is 8.66. The molecule has 0 amide bonds. The van der Waals surface area contributed by atoms with E-state index in [-0.39, 0.29) is 16.6 Å². The van der Waals surface area contributed by atoms with Gasteiger partial charge in [-0.15, -0.1) is 0 Å². The Morgan fingerprint density at radius 3 is 3.11 bits per heavy atom. The molecule has 0 bridgehead atoms. The lowest BCUT2D eigenvalue weighted by Gasteiger charge is -2.22. The molecule has 1 aromatic rings. The maximum atomic E-state index is 10.5. The molecule has 18 heavy (non-hydrogen) atoms. The SMILES string of the molecule is O=[N+]([O-])c1cnc(OCC2CCCNC2)c(Cl)c1. The van der Waals surface area contributed by atoms with Gasteiger partial charge in [0, 0.05) is 18.5 Å². The number of nitrogens with zero attached hydrogens (tertiary/aromatic N) is 2. The third-order valence-electron chi connectivity index (χ3n) is 2.86. The smallest absolute Gasteiger partial charge is 0.289 e. The average molecular weight is 272 g/mol. The zero-order chi connectivity index (χ0) is 13.0. The first-order valence-electron chi connectivity index (χ1n) is 5.80. The Morgan fingerprint density at radius 2 is 2.50 bits per heavy atom. The molecule has 0 aromatic carbocycles. The molecule has 1 unspecified atom stereocenters. The van der Waals surface area contributed by atoms with Crippen LogP contribution in [0.4, 0.5) is 5.69 Å². The van der Waals surface area contributed by atoms with Crippen LogP contribution in [-0.2, 0) is 0 Å². The number of hydrogen-bond acceptors (Lipinski definition) is 5. The van der Waals surface area contributed by atoms with Gasteiger partial charge < -0.3 is 10.1 Å². The zero-order valence-corrected chi connectivity index (χ0v) is 10.5. The summed E-state index contributed by atoms with van der Waals surface area (Å²) in [4.78, 5) is 13.9. The van der Waals surface area contributed by atoms with Gasteiger partial charge in [-0.3, -0.25) is 10.1 Å². The number of halogens is 1. The summed E-state index contributed by atoms with van der Waals surface area (Å²) in [5.41, 5.74) is -0.133. The number of ether oxygens (including phenoxy) is 1. The van der Waals surface area contributed by atoms with E-state index >= 15 is 0 Å². The molecule has 1 aromatic heterocycles. The van der Waals surface area contributed by atoms with E-state index in [9.17, 15) is 10.1 Å². The Kier molecular flexibility index (Phi) is 4.33. The molecule has 0 saturated carbocycles. The van der Waals surface area contributed by atoms with Crippen molar-refractivity contribution in [2.45, 2.75) is 12.8 Å². The van der Waals surface area contributed by atoms with Gasteiger partial charge in [0.1, 0.15) is 11.2 Å². The largest absolute Gasteiger partial charge is 0.476 e. The molecule has 2 rings (SSSR count). The second-order valence-corrected chi connectivity index (χ2v) is 4.67. The highest BCUT2D eigenvalue weighted by molar-refractivity contribution is 6.32. The Bertz CT molecular complexity index is 436. The fraction of sp³-hybridized carbons (Fsp3) is 0.545. The summed E-state index contributed by atoms with van der Waals surface area (Å²) in [5.74, 6) is 0.694. The van der Waals surface area contributed by atoms with Gasteiger partial charge in [-0.1, -0.05) is 11.6 Å². The fourth-order valence-corrected chi connectivity index (χ4v) is 2.10. The standard InChI is InChI=1S/C11H14ClN3O3/c12-10-4-9(15(16)17)6-14-11(10)18-7-8-2-1-3-13-5-8/h4,6,8,13H,1-3,5,7H2. The second kappa shape index (κ2) is 5.97. The summed E-state index contributed by atoms with van der Waals surface area (Å²) in [6, 6.07) is 1.25. The van der Waals surface area contributed by atoms with E-state index in [4.69, 9.17) is 16.3 Å². The lowest BCUT2D eigenvalue weighted by Crippen LogP contribution is -2.33. The van der Waals surface area contributed by atoms with E-state index in [1.807, 2.05) is 0 Å². The van der Waals surface area contributed by atoms with Crippen LogP contribution in [0.2, 0.25) is 5.02 Å². The van der Waals surface area contributed by atoms with Gasteiger partial charge in [0.2, 0.25) is 5.88 Å². The quantitative estimate of drug-likeness (QED) is 0.670. The molecule has 0 spiro atoms. The van der Waals surface area contributed by atoms with Gasteiger partial charge in [0.25, 0.3) is 5.69 Å². The average Bonchev–Trinajstić information content (AvgIpc) is 2.38. The lowest BCUT2D eigenvalue weighted by molar-refractivity contribution is -0.385. The maximum absolute atomic E-state index is 10.5. The minimum Gasteiger partial charge on any atom is -0.476 e. The molecule has 1 fully saturated rings. The van der Waals surface area contributed by atoms with Gasteiger partial charge >= 0.3 is 0 Å². The molecule has 0 aliphatic carbocycles. The van der Waals surface area contributed by atoms with Crippen molar-refractivity contribution in [1.82, 2.24) is 10.3 Å². The second-order valence-electron chi connectivity index (χ2n) is 4.26. The molecule has 1 atom stereocenters. The third-order valence-corrected chi connectivity index (χ3v) is 3.13.